The van der Waals surface area contributed by atoms with Crippen molar-refractivity contribution in [2.45, 2.75) is 19.5 Å². The van der Waals surface area contributed by atoms with E-state index in [1.807, 2.05) is 0 Å². The van der Waals surface area contributed by atoms with E-state index in [4.69, 9.17) is 0 Å². The number of benzene rings is 1. The smallest absolute Gasteiger partial charge is 0.422 e. The van der Waals surface area contributed by atoms with Crippen LogP contribution in [0.15, 0.2) is 24.3 Å². The molecular formula is C14H14F3NO2. The lowest BCUT2D eigenvalue weighted by Gasteiger charge is -2.08. The first kappa shape index (κ1) is 15.9. The second-order valence-electron chi connectivity index (χ2n) is 3.96. The minimum atomic E-state index is -4.35. The highest BCUT2D eigenvalue weighted by atomic mass is 19.4. The summed E-state index contributed by atoms with van der Waals surface area (Å²) >= 11 is 0. The van der Waals surface area contributed by atoms with Crippen LogP contribution in [0.5, 0.6) is 5.75 Å². The zero-order valence-electron chi connectivity index (χ0n) is 10.9. The normalized spacial score (nSPS) is 10.4. The molecule has 0 fully saturated rings. The highest BCUT2D eigenvalue weighted by molar-refractivity contribution is 5.72. The Hall–Kier alpha value is -2.16. The summed E-state index contributed by atoms with van der Waals surface area (Å²) in [5.74, 6) is 5.72. The van der Waals surface area contributed by atoms with Crippen molar-refractivity contribution >= 4 is 5.91 Å². The van der Waals surface area contributed by atoms with Crippen LogP contribution in [0, 0.1) is 11.8 Å². The molecule has 0 atom stereocenters. The van der Waals surface area contributed by atoms with E-state index < -0.39 is 12.8 Å². The first-order valence-corrected chi connectivity index (χ1v) is 5.90. The Morgan fingerprint density at radius 3 is 2.50 bits per heavy atom. The van der Waals surface area contributed by atoms with Gasteiger partial charge in [0.15, 0.2) is 6.61 Å². The van der Waals surface area contributed by atoms with Crippen LogP contribution in [0.4, 0.5) is 13.2 Å². The van der Waals surface area contributed by atoms with Crippen LogP contribution in [0.25, 0.3) is 0 Å². The average molecular weight is 285 g/mol. The third-order valence-corrected chi connectivity index (χ3v) is 2.11. The molecule has 0 spiro atoms. The Morgan fingerprint density at radius 1 is 1.30 bits per heavy atom. The summed E-state index contributed by atoms with van der Waals surface area (Å²) in [6.07, 6.45) is -3.84. The van der Waals surface area contributed by atoms with E-state index in [0.717, 1.165) is 0 Å². The van der Waals surface area contributed by atoms with Gasteiger partial charge in [0.25, 0.3) is 0 Å². The molecule has 0 unspecified atom stereocenters. The van der Waals surface area contributed by atoms with Gasteiger partial charge in [0.2, 0.25) is 5.91 Å². The first-order chi connectivity index (χ1) is 9.37. The molecule has 1 N–H and O–H groups in total. The Labute approximate surface area is 115 Å². The van der Waals surface area contributed by atoms with E-state index in [0.29, 0.717) is 18.5 Å². The number of hydrogen-bond acceptors (Lipinski definition) is 2. The highest BCUT2D eigenvalue weighted by Crippen LogP contribution is 2.18. The minimum absolute atomic E-state index is 0.113. The van der Waals surface area contributed by atoms with E-state index in [2.05, 4.69) is 21.9 Å². The molecule has 3 nitrogen and oxygen atoms in total. The number of carbonyl (C=O) groups is 1. The molecule has 1 rings (SSSR count). The lowest BCUT2D eigenvalue weighted by Crippen LogP contribution is -2.20. The fourth-order valence-electron chi connectivity index (χ4n) is 1.27. The van der Waals surface area contributed by atoms with Crippen LogP contribution in [-0.4, -0.2) is 25.2 Å². The second kappa shape index (κ2) is 7.43. The fraction of sp³-hybridized carbons (Fsp3) is 0.357. The highest BCUT2D eigenvalue weighted by Gasteiger charge is 2.28. The monoisotopic (exact) mass is 285 g/mol. The SMILES string of the molecule is CC(=O)NCCC#Cc1ccc(OCC(F)(F)F)cc1. The minimum Gasteiger partial charge on any atom is -0.484 e. The van der Waals surface area contributed by atoms with Gasteiger partial charge in [0, 0.05) is 25.5 Å². The Balaban J connectivity index is 2.42. The molecule has 20 heavy (non-hydrogen) atoms. The summed E-state index contributed by atoms with van der Waals surface area (Å²) in [5.41, 5.74) is 0.673. The molecule has 0 aliphatic rings. The molecule has 0 bridgehead atoms. The van der Waals surface area contributed by atoms with Crippen LogP contribution in [0.2, 0.25) is 0 Å². The van der Waals surface area contributed by atoms with E-state index in [1.54, 1.807) is 12.1 Å². The number of amides is 1. The Morgan fingerprint density at radius 2 is 1.95 bits per heavy atom. The zero-order valence-corrected chi connectivity index (χ0v) is 10.9. The van der Waals surface area contributed by atoms with E-state index >= 15 is 0 Å². The maximum Gasteiger partial charge on any atom is 0.422 e. The fourth-order valence-corrected chi connectivity index (χ4v) is 1.27. The molecule has 1 aromatic carbocycles. The molecule has 0 radical (unpaired) electrons. The van der Waals surface area contributed by atoms with Crippen LogP contribution in [0.3, 0.4) is 0 Å². The maximum atomic E-state index is 11.9. The van der Waals surface area contributed by atoms with Gasteiger partial charge in [-0.2, -0.15) is 13.2 Å². The van der Waals surface area contributed by atoms with Gasteiger partial charge < -0.3 is 10.1 Å². The predicted octanol–water partition coefficient (Wildman–Crippen LogP) is 2.51. The molecule has 0 aromatic heterocycles. The molecule has 1 aromatic rings. The molecule has 0 saturated heterocycles. The molecule has 0 aliphatic heterocycles. The molecule has 6 heteroatoms. The standard InChI is InChI=1S/C14H14F3NO2/c1-11(19)18-9-3-2-4-12-5-7-13(8-6-12)20-10-14(15,16)17/h5-8H,3,9-10H2,1H3,(H,18,19). The number of carbonyl (C=O) groups excluding carboxylic acids is 1. The number of ether oxygens (including phenoxy) is 1. The largest absolute Gasteiger partial charge is 0.484 e. The van der Waals surface area contributed by atoms with Gasteiger partial charge in [-0.3, -0.25) is 4.79 Å². The maximum absolute atomic E-state index is 11.9. The Kier molecular flexibility index (Phi) is 5.91. The van der Waals surface area contributed by atoms with Gasteiger partial charge in [-0.15, -0.1) is 0 Å². The molecule has 0 aliphatic carbocycles. The van der Waals surface area contributed by atoms with Crippen LogP contribution in [0.1, 0.15) is 18.9 Å². The van der Waals surface area contributed by atoms with Gasteiger partial charge in [0.1, 0.15) is 5.75 Å². The van der Waals surface area contributed by atoms with E-state index in [1.165, 1.54) is 19.1 Å². The van der Waals surface area contributed by atoms with Gasteiger partial charge in [-0.25, -0.2) is 0 Å². The van der Waals surface area contributed by atoms with Crippen molar-refractivity contribution in [2.75, 3.05) is 13.2 Å². The van der Waals surface area contributed by atoms with E-state index in [-0.39, 0.29) is 11.7 Å². The summed E-state index contributed by atoms with van der Waals surface area (Å²) < 4.78 is 40.4. The average Bonchev–Trinajstić information content (AvgIpc) is 2.36. The van der Waals surface area contributed by atoms with Crippen LogP contribution < -0.4 is 10.1 Å². The number of halogens is 3. The second-order valence-corrected chi connectivity index (χ2v) is 3.96. The van der Waals surface area contributed by atoms with Crippen molar-refractivity contribution in [2.24, 2.45) is 0 Å². The molecule has 0 saturated carbocycles. The van der Waals surface area contributed by atoms with Crippen molar-refractivity contribution in [3.8, 4) is 17.6 Å². The number of alkyl halides is 3. The number of rotatable bonds is 4. The quantitative estimate of drug-likeness (QED) is 0.682. The molecule has 108 valence electrons. The van der Waals surface area contributed by atoms with Gasteiger partial charge in [-0.1, -0.05) is 11.8 Å². The lowest BCUT2D eigenvalue weighted by atomic mass is 10.2. The third-order valence-electron chi connectivity index (χ3n) is 2.11. The Bertz CT molecular complexity index is 498. The summed E-state index contributed by atoms with van der Waals surface area (Å²) in [5, 5.41) is 2.60. The zero-order chi connectivity index (χ0) is 15.0. The van der Waals surface area contributed by atoms with Gasteiger partial charge in [0.05, 0.1) is 0 Å². The summed E-state index contributed by atoms with van der Waals surface area (Å²) in [6.45, 7) is 0.580. The summed E-state index contributed by atoms with van der Waals surface area (Å²) in [4.78, 5) is 10.6. The summed E-state index contributed by atoms with van der Waals surface area (Å²) in [7, 11) is 0. The molecule has 0 heterocycles. The molecule has 1 amide bonds. The van der Waals surface area contributed by atoms with Crippen molar-refractivity contribution in [3.05, 3.63) is 29.8 Å². The van der Waals surface area contributed by atoms with Crippen molar-refractivity contribution in [1.82, 2.24) is 5.32 Å². The van der Waals surface area contributed by atoms with Crippen LogP contribution in [-0.2, 0) is 4.79 Å². The topological polar surface area (TPSA) is 38.3 Å². The van der Waals surface area contributed by atoms with Crippen molar-refractivity contribution < 1.29 is 22.7 Å². The van der Waals surface area contributed by atoms with E-state index in [9.17, 15) is 18.0 Å². The predicted molar refractivity (Wildman–Crippen MR) is 68.2 cm³/mol. The number of nitrogens with one attached hydrogen (secondary N) is 1. The van der Waals surface area contributed by atoms with Crippen molar-refractivity contribution in [1.29, 1.82) is 0 Å². The lowest BCUT2D eigenvalue weighted by molar-refractivity contribution is -0.153. The first-order valence-electron chi connectivity index (χ1n) is 5.90. The summed E-state index contributed by atoms with van der Waals surface area (Å²) in [6, 6.07) is 6.03. The van der Waals surface area contributed by atoms with Gasteiger partial charge in [-0.05, 0) is 24.3 Å². The number of hydrogen-bond donors (Lipinski definition) is 1. The third kappa shape index (κ3) is 7.31. The van der Waals surface area contributed by atoms with Crippen molar-refractivity contribution in [3.63, 3.8) is 0 Å². The van der Waals surface area contributed by atoms with Crippen LogP contribution >= 0.6 is 0 Å². The van der Waals surface area contributed by atoms with Gasteiger partial charge >= 0.3 is 6.18 Å². The molecular weight excluding hydrogens is 271 g/mol.